The van der Waals surface area contributed by atoms with E-state index < -0.39 is 0 Å². The summed E-state index contributed by atoms with van der Waals surface area (Å²) in [5, 5.41) is 3.18. The van der Waals surface area contributed by atoms with Crippen LogP contribution in [0, 0.1) is 0 Å². The fourth-order valence-electron chi connectivity index (χ4n) is 2.28. The number of morpholine rings is 1. The SMILES string of the molecule is CNCc1cc(CN2CCOCC2)ccc1OC. The Morgan fingerprint density at radius 1 is 1.33 bits per heavy atom. The molecule has 0 amide bonds. The minimum Gasteiger partial charge on any atom is -0.496 e. The van der Waals surface area contributed by atoms with Crippen molar-refractivity contribution in [1.29, 1.82) is 0 Å². The Labute approximate surface area is 109 Å². The van der Waals surface area contributed by atoms with Crippen molar-refractivity contribution < 1.29 is 9.47 Å². The van der Waals surface area contributed by atoms with Crippen LogP contribution in [0.5, 0.6) is 5.75 Å². The van der Waals surface area contributed by atoms with Crippen molar-refractivity contribution in [3.63, 3.8) is 0 Å². The van der Waals surface area contributed by atoms with Crippen LogP contribution in [0.2, 0.25) is 0 Å². The minimum absolute atomic E-state index is 0.833. The first-order chi connectivity index (χ1) is 8.83. The molecule has 0 bridgehead atoms. The van der Waals surface area contributed by atoms with Gasteiger partial charge < -0.3 is 14.8 Å². The summed E-state index contributed by atoms with van der Waals surface area (Å²) < 4.78 is 10.7. The van der Waals surface area contributed by atoms with Gasteiger partial charge in [-0.2, -0.15) is 0 Å². The first-order valence-electron chi connectivity index (χ1n) is 6.44. The Morgan fingerprint density at radius 3 is 2.78 bits per heavy atom. The first-order valence-corrected chi connectivity index (χ1v) is 6.44. The third-order valence-electron chi connectivity index (χ3n) is 3.22. The van der Waals surface area contributed by atoms with E-state index in [-0.39, 0.29) is 0 Å². The summed E-state index contributed by atoms with van der Waals surface area (Å²) in [4.78, 5) is 2.43. The number of ether oxygens (including phenoxy) is 2. The molecule has 0 aromatic heterocycles. The highest BCUT2D eigenvalue weighted by Gasteiger charge is 2.11. The number of rotatable bonds is 5. The molecule has 0 radical (unpaired) electrons. The molecule has 1 heterocycles. The highest BCUT2D eigenvalue weighted by atomic mass is 16.5. The average Bonchev–Trinajstić information content (AvgIpc) is 2.41. The largest absolute Gasteiger partial charge is 0.496 e. The zero-order valence-electron chi connectivity index (χ0n) is 11.2. The molecule has 100 valence electrons. The van der Waals surface area contributed by atoms with Gasteiger partial charge in [0.1, 0.15) is 5.75 Å². The molecule has 0 aliphatic carbocycles. The second-order valence-electron chi connectivity index (χ2n) is 4.57. The topological polar surface area (TPSA) is 33.7 Å². The molecular formula is C14H22N2O2. The lowest BCUT2D eigenvalue weighted by molar-refractivity contribution is 0.0342. The summed E-state index contributed by atoms with van der Waals surface area (Å²) in [6, 6.07) is 6.43. The van der Waals surface area contributed by atoms with Gasteiger partial charge in [0.25, 0.3) is 0 Å². The zero-order valence-corrected chi connectivity index (χ0v) is 11.2. The lowest BCUT2D eigenvalue weighted by atomic mass is 10.1. The van der Waals surface area contributed by atoms with Crippen molar-refractivity contribution in [1.82, 2.24) is 10.2 Å². The Morgan fingerprint density at radius 2 is 2.11 bits per heavy atom. The lowest BCUT2D eigenvalue weighted by Crippen LogP contribution is -2.35. The average molecular weight is 250 g/mol. The Balaban J connectivity index is 2.05. The number of methoxy groups -OCH3 is 1. The van der Waals surface area contributed by atoms with Crippen LogP contribution >= 0.6 is 0 Å². The van der Waals surface area contributed by atoms with Crippen LogP contribution in [0.25, 0.3) is 0 Å². The Hall–Kier alpha value is -1.10. The van der Waals surface area contributed by atoms with E-state index in [0.717, 1.165) is 45.1 Å². The van der Waals surface area contributed by atoms with Gasteiger partial charge in [0.05, 0.1) is 20.3 Å². The van der Waals surface area contributed by atoms with Crippen LogP contribution in [-0.4, -0.2) is 45.4 Å². The molecule has 0 saturated carbocycles. The molecule has 18 heavy (non-hydrogen) atoms. The van der Waals surface area contributed by atoms with Gasteiger partial charge in [0.15, 0.2) is 0 Å². The van der Waals surface area contributed by atoms with Crippen LogP contribution in [0.1, 0.15) is 11.1 Å². The van der Waals surface area contributed by atoms with Crippen molar-refractivity contribution in [3.05, 3.63) is 29.3 Å². The molecule has 1 saturated heterocycles. The molecule has 0 atom stereocenters. The van der Waals surface area contributed by atoms with Crippen molar-refractivity contribution in [3.8, 4) is 5.75 Å². The third-order valence-corrected chi connectivity index (χ3v) is 3.22. The summed E-state index contributed by atoms with van der Waals surface area (Å²) in [6.45, 7) is 5.56. The standard InChI is InChI=1S/C14H22N2O2/c1-15-10-13-9-12(3-4-14(13)17-2)11-16-5-7-18-8-6-16/h3-4,9,15H,5-8,10-11H2,1-2H3. The van der Waals surface area contributed by atoms with Crippen molar-refractivity contribution >= 4 is 0 Å². The summed E-state index contributed by atoms with van der Waals surface area (Å²) in [5.74, 6) is 0.954. The molecule has 1 N–H and O–H groups in total. The minimum atomic E-state index is 0.833. The predicted octanol–water partition coefficient (Wildman–Crippen LogP) is 1.25. The monoisotopic (exact) mass is 250 g/mol. The smallest absolute Gasteiger partial charge is 0.123 e. The van der Waals surface area contributed by atoms with E-state index in [1.165, 1.54) is 11.1 Å². The molecule has 2 rings (SSSR count). The van der Waals surface area contributed by atoms with Gasteiger partial charge in [-0.05, 0) is 24.7 Å². The van der Waals surface area contributed by atoms with Gasteiger partial charge in [-0.1, -0.05) is 6.07 Å². The van der Waals surface area contributed by atoms with E-state index in [4.69, 9.17) is 9.47 Å². The molecule has 1 fully saturated rings. The van der Waals surface area contributed by atoms with Crippen LogP contribution < -0.4 is 10.1 Å². The number of nitrogens with one attached hydrogen (secondary N) is 1. The predicted molar refractivity (Wildman–Crippen MR) is 71.9 cm³/mol. The van der Waals surface area contributed by atoms with E-state index in [0.29, 0.717) is 0 Å². The van der Waals surface area contributed by atoms with E-state index in [9.17, 15) is 0 Å². The molecule has 4 heteroatoms. The Kier molecular flexibility index (Phi) is 4.99. The highest BCUT2D eigenvalue weighted by Crippen LogP contribution is 2.20. The molecule has 0 unspecified atom stereocenters. The molecule has 1 aliphatic rings. The van der Waals surface area contributed by atoms with Crippen molar-refractivity contribution in [2.75, 3.05) is 40.5 Å². The van der Waals surface area contributed by atoms with E-state index in [1.807, 2.05) is 7.05 Å². The van der Waals surface area contributed by atoms with Gasteiger partial charge in [0.2, 0.25) is 0 Å². The van der Waals surface area contributed by atoms with Gasteiger partial charge >= 0.3 is 0 Å². The zero-order chi connectivity index (χ0) is 12.8. The van der Waals surface area contributed by atoms with E-state index in [2.05, 4.69) is 28.4 Å². The number of hydrogen-bond acceptors (Lipinski definition) is 4. The van der Waals surface area contributed by atoms with Gasteiger partial charge in [0, 0.05) is 31.7 Å². The quantitative estimate of drug-likeness (QED) is 0.852. The van der Waals surface area contributed by atoms with Crippen molar-refractivity contribution in [2.24, 2.45) is 0 Å². The van der Waals surface area contributed by atoms with Crippen LogP contribution in [0.4, 0.5) is 0 Å². The summed E-state index contributed by atoms with van der Waals surface area (Å²) in [7, 11) is 3.67. The number of benzene rings is 1. The second kappa shape index (κ2) is 6.73. The van der Waals surface area contributed by atoms with Gasteiger partial charge in [-0.3, -0.25) is 4.90 Å². The molecular weight excluding hydrogens is 228 g/mol. The summed E-state index contributed by atoms with van der Waals surface area (Å²) in [5.41, 5.74) is 2.55. The second-order valence-corrected chi connectivity index (χ2v) is 4.57. The van der Waals surface area contributed by atoms with E-state index in [1.54, 1.807) is 7.11 Å². The molecule has 0 spiro atoms. The fourth-order valence-corrected chi connectivity index (χ4v) is 2.28. The van der Waals surface area contributed by atoms with Crippen molar-refractivity contribution in [2.45, 2.75) is 13.1 Å². The maximum atomic E-state index is 5.37. The fraction of sp³-hybridized carbons (Fsp3) is 0.571. The normalized spacial score (nSPS) is 16.8. The molecule has 1 aromatic rings. The van der Waals surface area contributed by atoms with Crippen LogP contribution in [0.15, 0.2) is 18.2 Å². The third kappa shape index (κ3) is 3.45. The maximum absolute atomic E-state index is 5.37. The highest BCUT2D eigenvalue weighted by molar-refractivity contribution is 5.37. The van der Waals surface area contributed by atoms with E-state index >= 15 is 0 Å². The molecule has 1 aliphatic heterocycles. The van der Waals surface area contributed by atoms with Crippen LogP contribution in [0.3, 0.4) is 0 Å². The number of nitrogens with zero attached hydrogens (tertiary/aromatic N) is 1. The van der Waals surface area contributed by atoms with Crippen LogP contribution in [-0.2, 0) is 17.8 Å². The summed E-state index contributed by atoms with van der Waals surface area (Å²) in [6.07, 6.45) is 0. The number of hydrogen-bond donors (Lipinski definition) is 1. The van der Waals surface area contributed by atoms with Gasteiger partial charge in [-0.25, -0.2) is 0 Å². The summed E-state index contributed by atoms with van der Waals surface area (Å²) >= 11 is 0. The lowest BCUT2D eigenvalue weighted by Gasteiger charge is -2.26. The molecule has 1 aromatic carbocycles. The maximum Gasteiger partial charge on any atom is 0.123 e. The Bertz CT molecular complexity index is 376. The first kappa shape index (κ1) is 13.3. The van der Waals surface area contributed by atoms with Gasteiger partial charge in [-0.15, -0.1) is 0 Å². The molecule has 4 nitrogen and oxygen atoms in total.